The first-order chi connectivity index (χ1) is 12.6. The fourth-order valence-electron chi connectivity index (χ4n) is 3.74. The molecule has 0 fully saturated rings. The van der Waals surface area contributed by atoms with Gasteiger partial charge in [-0.15, -0.1) is 0 Å². The molecule has 4 rings (SSSR count). The summed E-state index contributed by atoms with van der Waals surface area (Å²) >= 11 is 0. The summed E-state index contributed by atoms with van der Waals surface area (Å²) in [5.74, 6) is 0.153. The van der Waals surface area contributed by atoms with Gasteiger partial charge in [0.15, 0.2) is 6.17 Å². The molecule has 1 aliphatic heterocycles. The van der Waals surface area contributed by atoms with Gasteiger partial charge in [-0.2, -0.15) is 5.10 Å². The lowest BCUT2D eigenvalue weighted by Gasteiger charge is -2.31. The summed E-state index contributed by atoms with van der Waals surface area (Å²) < 4.78 is 1.91. The van der Waals surface area contributed by atoms with Crippen LogP contribution in [0.2, 0.25) is 0 Å². The van der Waals surface area contributed by atoms with Crippen LogP contribution in [0.5, 0.6) is 11.5 Å². The second-order valence-electron chi connectivity index (χ2n) is 8.39. The molecule has 5 nitrogen and oxygen atoms in total. The van der Waals surface area contributed by atoms with E-state index in [1.54, 1.807) is 0 Å². The molecule has 0 amide bonds. The van der Waals surface area contributed by atoms with Crippen molar-refractivity contribution in [3.05, 3.63) is 58.8 Å². The molecule has 0 saturated carbocycles. The normalized spacial score (nSPS) is 15.8. The molecule has 1 aliphatic rings. The summed E-state index contributed by atoms with van der Waals surface area (Å²) in [6.07, 6.45) is -0.356. The van der Waals surface area contributed by atoms with Crippen LogP contribution in [0.4, 0.5) is 5.69 Å². The largest absolute Gasteiger partial charge is 0.508 e. The summed E-state index contributed by atoms with van der Waals surface area (Å²) in [5.41, 5.74) is 6.44. The number of phenols is 2. The molecule has 1 aromatic heterocycles. The van der Waals surface area contributed by atoms with Crippen molar-refractivity contribution in [3.8, 4) is 22.8 Å². The van der Waals surface area contributed by atoms with E-state index in [4.69, 9.17) is 0 Å². The van der Waals surface area contributed by atoms with Gasteiger partial charge in [0.2, 0.25) is 0 Å². The number of aromatic hydroxyl groups is 2. The van der Waals surface area contributed by atoms with Crippen molar-refractivity contribution < 1.29 is 10.2 Å². The van der Waals surface area contributed by atoms with Gasteiger partial charge in [-0.05, 0) is 49.1 Å². The number of phenolic OH excluding ortho intramolecular Hbond substituents is 2. The molecule has 0 saturated heterocycles. The molecule has 3 N–H and O–H groups in total. The number of aromatic nitrogens is 2. The van der Waals surface area contributed by atoms with Crippen molar-refractivity contribution in [1.82, 2.24) is 9.78 Å². The van der Waals surface area contributed by atoms with E-state index in [0.717, 1.165) is 28.2 Å². The monoisotopic (exact) mass is 363 g/mol. The van der Waals surface area contributed by atoms with Crippen LogP contribution in [-0.2, 0) is 5.41 Å². The van der Waals surface area contributed by atoms with Gasteiger partial charge in [0, 0.05) is 22.9 Å². The van der Waals surface area contributed by atoms with E-state index < -0.39 is 0 Å². The van der Waals surface area contributed by atoms with Gasteiger partial charge in [0.25, 0.3) is 0 Å². The first-order valence-electron chi connectivity index (χ1n) is 9.15. The van der Waals surface area contributed by atoms with Crippen molar-refractivity contribution in [2.24, 2.45) is 0 Å². The minimum Gasteiger partial charge on any atom is -0.508 e. The molecule has 5 heteroatoms. The fourth-order valence-corrected chi connectivity index (χ4v) is 3.74. The Morgan fingerprint density at radius 2 is 1.74 bits per heavy atom. The second kappa shape index (κ2) is 5.78. The first-order valence-corrected chi connectivity index (χ1v) is 9.15. The lowest BCUT2D eigenvalue weighted by molar-refractivity contribution is 0.421. The number of nitrogens with one attached hydrogen (secondary N) is 1. The molecule has 0 spiro atoms. The van der Waals surface area contributed by atoms with Gasteiger partial charge >= 0.3 is 0 Å². The van der Waals surface area contributed by atoms with Gasteiger partial charge in [-0.25, -0.2) is 4.68 Å². The Kier molecular flexibility index (Phi) is 3.74. The standard InChI is InChI=1S/C22H25N3O2/c1-12-6-7-17-14(8-12)18-9-13(2)24-25(18)21(23-17)15-10-16(22(3,4)5)20(27)11-19(15)26/h6-11,21,23,26-27H,1-5H3. The van der Waals surface area contributed by atoms with E-state index in [1.165, 1.54) is 11.6 Å². The highest BCUT2D eigenvalue weighted by Crippen LogP contribution is 2.43. The van der Waals surface area contributed by atoms with E-state index in [9.17, 15) is 10.2 Å². The highest BCUT2D eigenvalue weighted by atomic mass is 16.3. The topological polar surface area (TPSA) is 70.3 Å². The van der Waals surface area contributed by atoms with E-state index in [2.05, 4.69) is 41.6 Å². The Bertz CT molecular complexity index is 1040. The molecule has 140 valence electrons. The zero-order valence-electron chi connectivity index (χ0n) is 16.3. The zero-order valence-corrected chi connectivity index (χ0v) is 16.3. The molecule has 0 aliphatic carbocycles. The van der Waals surface area contributed by atoms with E-state index >= 15 is 0 Å². The van der Waals surface area contributed by atoms with Crippen LogP contribution >= 0.6 is 0 Å². The number of rotatable bonds is 1. The van der Waals surface area contributed by atoms with Crippen LogP contribution in [0.1, 0.15) is 49.3 Å². The Balaban J connectivity index is 1.92. The number of fused-ring (bicyclic) bond motifs is 3. The fraction of sp³-hybridized carbons (Fsp3) is 0.318. The highest BCUT2D eigenvalue weighted by Gasteiger charge is 2.30. The van der Waals surface area contributed by atoms with Crippen LogP contribution in [0.15, 0.2) is 36.4 Å². The second-order valence-corrected chi connectivity index (χ2v) is 8.39. The van der Waals surface area contributed by atoms with Gasteiger partial charge in [0.05, 0.1) is 11.4 Å². The van der Waals surface area contributed by atoms with Crippen LogP contribution in [0, 0.1) is 13.8 Å². The quantitative estimate of drug-likeness (QED) is 0.578. The van der Waals surface area contributed by atoms with Crippen LogP contribution in [0.25, 0.3) is 11.3 Å². The van der Waals surface area contributed by atoms with E-state index in [1.807, 2.05) is 38.4 Å². The predicted molar refractivity (Wildman–Crippen MR) is 107 cm³/mol. The van der Waals surface area contributed by atoms with Gasteiger partial charge < -0.3 is 15.5 Å². The Morgan fingerprint density at radius 1 is 1.00 bits per heavy atom. The number of benzene rings is 2. The maximum Gasteiger partial charge on any atom is 0.150 e. The maximum absolute atomic E-state index is 10.6. The molecular formula is C22H25N3O2. The first kappa shape index (κ1) is 17.5. The highest BCUT2D eigenvalue weighted by molar-refractivity contribution is 5.79. The zero-order chi connectivity index (χ0) is 19.5. The molecule has 3 aromatic rings. The third kappa shape index (κ3) is 2.83. The third-order valence-corrected chi connectivity index (χ3v) is 5.09. The van der Waals surface area contributed by atoms with Crippen molar-refractivity contribution in [1.29, 1.82) is 0 Å². The minimum absolute atomic E-state index is 0.0488. The minimum atomic E-state index is -0.356. The Labute approximate surface area is 159 Å². The molecule has 2 aromatic carbocycles. The molecule has 0 radical (unpaired) electrons. The summed E-state index contributed by atoms with van der Waals surface area (Å²) in [4.78, 5) is 0. The summed E-state index contributed by atoms with van der Waals surface area (Å²) in [7, 11) is 0. The SMILES string of the molecule is Cc1ccc2c(c1)-c1cc(C)nn1C(c1cc(C(C)(C)C)c(O)cc1O)N2. The van der Waals surface area contributed by atoms with Crippen molar-refractivity contribution in [2.75, 3.05) is 5.32 Å². The predicted octanol–water partition coefficient (Wildman–Crippen LogP) is 4.85. The molecule has 1 atom stereocenters. The Hall–Kier alpha value is -2.95. The molecule has 0 bridgehead atoms. The van der Waals surface area contributed by atoms with Crippen LogP contribution < -0.4 is 5.32 Å². The lowest BCUT2D eigenvalue weighted by Crippen LogP contribution is -2.26. The summed E-state index contributed by atoms with van der Waals surface area (Å²) in [5, 5.41) is 29.1. The molecule has 27 heavy (non-hydrogen) atoms. The molecular weight excluding hydrogens is 338 g/mol. The summed E-state index contributed by atoms with van der Waals surface area (Å²) in [6.45, 7) is 10.2. The molecule has 2 heterocycles. The lowest BCUT2D eigenvalue weighted by atomic mass is 9.84. The molecule has 1 unspecified atom stereocenters. The number of hydrogen-bond donors (Lipinski definition) is 3. The van der Waals surface area contributed by atoms with Crippen LogP contribution in [0.3, 0.4) is 0 Å². The van der Waals surface area contributed by atoms with E-state index in [-0.39, 0.29) is 23.1 Å². The average molecular weight is 363 g/mol. The van der Waals surface area contributed by atoms with Crippen LogP contribution in [-0.4, -0.2) is 20.0 Å². The third-order valence-electron chi connectivity index (χ3n) is 5.09. The van der Waals surface area contributed by atoms with Gasteiger partial charge in [0.1, 0.15) is 11.5 Å². The van der Waals surface area contributed by atoms with Crippen molar-refractivity contribution >= 4 is 5.69 Å². The maximum atomic E-state index is 10.6. The number of nitrogens with zero attached hydrogens (tertiary/aromatic N) is 2. The number of anilines is 1. The average Bonchev–Trinajstić information content (AvgIpc) is 2.95. The van der Waals surface area contributed by atoms with Crippen molar-refractivity contribution in [2.45, 2.75) is 46.2 Å². The van der Waals surface area contributed by atoms with Gasteiger partial charge in [-0.1, -0.05) is 32.4 Å². The van der Waals surface area contributed by atoms with Crippen molar-refractivity contribution in [3.63, 3.8) is 0 Å². The summed E-state index contributed by atoms with van der Waals surface area (Å²) in [6, 6.07) is 11.6. The number of hydrogen-bond acceptors (Lipinski definition) is 4. The Morgan fingerprint density at radius 3 is 2.44 bits per heavy atom. The van der Waals surface area contributed by atoms with Gasteiger partial charge in [-0.3, -0.25) is 0 Å². The smallest absolute Gasteiger partial charge is 0.150 e. The van der Waals surface area contributed by atoms with E-state index in [0.29, 0.717) is 5.56 Å². The number of aryl methyl sites for hydroxylation is 2.